The van der Waals surface area contributed by atoms with Crippen molar-refractivity contribution in [3.8, 4) is 11.4 Å². The quantitative estimate of drug-likeness (QED) is 0.920. The molecule has 3 rings (SSSR count). The lowest BCUT2D eigenvalue weighted by Gasteiger charge is -2.24. The van der Waals surface area contributed by atoms with E-state index in [4.69, 9.17) is 16.1 Å². The van der Waals surface area contributed by atoms with Crippen LogP contribution in [0, 0.1) is 5.82 Å². The highest BCUT2D eigenvalue weighted by Crippen LogP contribution is 2.34. The van der Waals surface area contributed by atoms with E-state index in [9.17, 15) is 9.50 Å². The van der Waals surface area contributed by atoms with Crippen LogP contribution in [-0.4, -0.2) is 21.4 Å². The summed E-state index contributed by atoms with van der Waals surface area (Å²) < 4.78 is 18.3. The maximum absolute atomic E-state index is 13.0. The van der Waals surface area contributed by atoms with Crippen LogP contribution in [0.1, 0.15) is 37.5 Å². The lowest BCUT2D eigenvalue weighted by molar-refractivity contribution is 0.0908. The van der Waals surface area contributed by atoms with E-state index >= 15 is 0 Å². The smallest absolute Gasteiger partial charge is 0.232 e. The molecule has 2 aromatic rings. The highest BCUT2D eigenvalue weighted by atomic mass is 35.5. The van der Waals surface area contributed by atoms with Gasteiger partial charge in [0.15, 0.2) is 0 Å². The summed E-state index contributed by atoms with van der Waals surface area (Å²) in [6.45, 7) is 0. The monoisotopic (exact) mass is 296 g/mol. The number of aliphatic hydroxyl groups excluding tert-OH is 1. The molecule has 4 nitrogen and oxygen atoms in total. The average Bonchev–Trinajstić information content (AvgIpc) is 2.88. The standard InChI is InChI=1S/C14H14ClFN2O2/c15-11-7-8(16)5-6-9(11)13-17-14(20-18-13)10-3-1-2-4-12(10)19/h5-7,10,12,19H,1-4H2. The second-order valence-corrected chi connectivity index (χ2v) is 5.45. The molecule has 0 bridgehead atoms. The van der Waals surface area contributed by atoms with Crippen molar-refractivity contribution >= 4 is 11.6 Å². The lowest BCUT2D eigenvalue weighted by Crippen LogP contribution is -2.22. The summed E-state index contributed by atoms with van der Waals surface area (Å²) in [6.07, 6.45) is 3.19. The molecule has 0 saturated heterocycles. The third kappa shape index (κ3) is 2.55. The Kier molecular flexibility index (Phi) is 3.72. The van der Waals surface area contributed by atoms with E-state index in [-0.39, 0.29) is 10.9 Å². The minimum atomic E-state index is -0.444. The Morgan fingerprint density at radius 2 is 2.10 bits per heavy atom. The van der Waals surface area contributed by atoms with E-state index in [1.165, 1.54) is 18.2 Å². The van der Waals surface area contributed by atoms with Gasteiger partial charge in [-0.05, 0) is 31.0 Å². The van der Waals surface area contributed by atoms with Gasteiger partial charge in [0.1, 0.15) is 5.82 Å². The average molecular weight is 297 g/mol. The predicted molar refractivity (Wildman–Crippen MR) is 71.9 cm³/mol. The number of nitrogens with zero attached hydrogens (tertiary/aromatic N) is 2. The molecule has 2 atom stereocenters. The Hall–Kier alpha value is -1.46. The van der Waals surface area contributed by atoms with Gasteiger partial charge in [-0.1, -0.05) is 29.6 Å². The Morgan fingerprint density at radius 1 is 1.30 bits per heavy atom. The molecule has 2 unspecified atom stereocenters. The Labute approximate surface area is 120 Å². The minimum absolute atomic E-state index is 0.121. The first-order chi connectivity index (χ1) is 9.65. The summed E-state index contributed by atoms with van der Waals surface area (Å²) in [4.78, 5) is 4.30. The number of rotatable bonds is 2. The van der Waals surface area contributed by atoms with Crippen LogP contribution >= 0.6 is 11.6 Å². The van der Waals surface area contributed by atoms with Gasteiger partial charge in [0.2, 0.25) is 11.7 Å². The van der Waals surface area contributed by atoms with Crippen molar-refractivity contribution in [1.82, 2.24) is 10.1 Å². The molecule has 1 saturated carbocycles. The summed E-state index contributed by atoms with van der Waals surface area (Å²) >= 11 is 5.98. The third-order valence-corrected chi connectivity index (χ3v) is 3.97. The molecule has 1 fully saturated rings. The maximum Gasteiger partial charge on any atom is 0.232 e. The second kappa shape index (κ2) is 5.50. The largest absolute Gasteiger partial charge is 0.392 e. The van der Waals surface area contributed by atoms with Gasteiger partial charge in [0, 0.05) is 5.56 Å². The zero-order chi connectivity index (χ0) is 14.1. The van der Waals surface area contributed by atoms with Crippen LogP contribution in [0.2, 0.25) is 5.02 Å². The van der Waals surface area contributed by atoms with Crippen molar-refractivity contribution in [2.75, 3.05) is 0 Å². The molecule has 1 heterocycles. The summed E-state index contributed by atoms with van der Waals surface area (Å²) in [5, 5.41) is 14.1. The fourth-order valence-electron chi connectivity index (χ4n) is 2.57. The zero-order valence-electron chi connectivity index (χ0n) is 10.7. The molecule has 0 amide bonds. The highest BCUT2D eigenvalue weighted by molar-refractivity contribution is 6.33. The first-order valence-corrected chi connectivity index (χ1v) is 7.00. The van der Waals surface area contributed by atoms with E-state index < -0.39 is 11.9 Å². The van der Waals surface area contributed by atoms with E-state index in [0.29, 0.717) is 17.3 Å². The molecule has 1 N–H and O–H groups in total. The van der Waals surface area contributed by atoms with Gasteiger partial charge in [-0.2, -0.15) is 4.98 Å². The number of halogens is 2. The molecule has 20 heavy (non-hydrogen) atoms. The molecule has 1 aromatic carbocycles. The van der Waals surface area contributed by atoms with Gasteiger partial charge >= 0.3 is 0 Å². The van der Waals surface area contributed by atoms with E-state index in [2.05, 4.69) is 10.1 Å². The second-order valence-electron chi connectivity index (χ2n) is 5.04. The van der Waals surface area contributed by atoms with Crippen molar-refractivity contribution in [2.45, 2.75) is 37.7 Å². The molecule has 0 radical (unpaired) electrons. The van der Waals surface area contributed by atoms with Crippen molar-refractivity contribution in [1.29, 1.82) is 0 Å². The van der Waals surface area contributed by atoms with E-state index in [0.717, 1.165) is 25.7 Å². The summed E-state index contributed by atoms with van der Waals surface area (Å²) in [6, 6.07) is 4.03. The van der Waals surface area contributed by atoms with Crippen LogP contribution in [-0.2, 0) is 0 Å². The summed E-state index contributed by atoms with van der Waals surface area (Å²) in [7, 11) is 0. The number of aromatic nitrogens is 2. The molecular formula is C14H14ClFN2O2. The summed E-state index contributed by atoms with van der Waals surface area (Å²) in [5.74, 6) is 0.213. The normalized spacial score (nSPS) is 22.9. The van der Waals surface area contributed by atoms with E-state index in [1.54, 1.807) is 0 Å². The maximum atomic E-state index is 13.0. The van der Waals surface area contributed by atoms with Gasteiger partial charge in [-0.25, -0.2) is 4.39 Å². The van der Waals surface area contributed by atoms with Crippen LogP contribution in [0.4, 0.5) is 4.39 Å². The molecule has 1 aliphatic carbocycles. The number of hydrogen-bond donors (Lipinski definition) is 1. The predicted octanol–water partition coefficient (Wildman–Crippen LogP) is 3.55. The Morgan fingerprint density at radius 3 is 2.85 bits per heavy atom. The van der Waals surface area contributed by atoms with Crippen molar-refractivity contribution < 1.29 is 14.0 Å². The molecule has 1 aromatic heterocycles. The molecular weight excluding hydrogens is 283 g/mol. The van der Waals surface area contributed by atoms with Gasteiger partial charge in [-0.3, -0.25) is 0 Å². The topological polar surface area (TPSA) is 59.2 Å². The first kappa shape index (κ1) is 13.5. The van der Waals surface area contributed by atoms with Gasteiger partial charge < -0.3 is 9.63 Å². The SMILES string of the molecule is OC1CCCCC1c1nc(-c2ccc(F)cc2Cl)no1. The fourth-order valence-corrected chi connectivity index (χ4v) is 2.82. The number of benzene rings is 1. The number of hydrogen-bond acceptors (Lipinski definition) is 4. The van der Waals surface area contributed by atoms with Crippen molar-refractivity contribution in [3.63, 3.8) is 0 Å². The molecule has 1 aliphatic rings. The molecule has 0 aliphatic heterocycles. The van der Waals surface area contributed by atoms with Gasteiger partial charge in [-0.15, -0.1) is 0 Å². The van der Waals surface area contributed by atoms with Crippen LogP contribution < -0.4 is 0 Å². The third-order valence-electron chi connectivity index (χ3n) is 3.66. The van der Waals surface area contributed by atoms with Crippen molar-refractivity contribution in [3.05, 3.63) is 34.9 Å². The molecule has 0 spiro atoms. The van der Waals surface area contributed by atoms with Gasteiger partial charge in [0.25, 0.3) is 0 Å². The van der Waals surface area contributed by atoms with Crippen LogP contribution in [0.15, 0.2) is 22.7 Å². The van der Waals surface area contributed by atoms with Crippen molar-refractivity contribution in [2.24, 2.45) is 0 Å². The zero-order valence-corrected chi connectivity index (χ0v) is 11.5. The van der Waals surface area contributed by atoms with Crippen LogP contribution in [0.5, 0.6) is 0 Å². The first-order valence-electron chi connectivity index (χ1n) is 6.62. The van der Waals surface area contributed by atoms with Crippen LogP contribution in [0.25, 0.3) is 11.4 Å². The highest BCUT2D eigenvalue weighted by Gasteiger charge is 2.29. The minimum Gasteiger partial charge on any atom is -0.392 e. The number of aliphatic hydroxyl groups is 1. The lowest BCUT2D eigenvalue weighted by atomic mass is 9.86. The Bertz CT molecular complexity index is 617. The molecule has 6 heteroatoms. The fraction of sp³-hybridized carbons (Fsp3) is 0.429. The summed E-state index contributed by atoms with van der Waals surface area (Å²) in [5.41, 5.74) is 0.522. The van der Waals surface area contributed by atoms with E-state index in [1.807, 2.05) is 0 Å². The molecule has 106 valence electrons. The van der Waals surface area contributed by atoms with Gasteiger partial charge in [0.05, 0.1) is 17.0 Å². The van der Waals surface area contributed by atoms with Crippen LogP contribution in [0.3, 0.4) is 0 Å². The Balaban J connectivity index is 1.89.